The molecule has 1 unspecified atom stereocenters. The van der Waals surface area contributed by atoms with Crippen molar-refractivity contribution in [3.05, 3.63) is 0 Å². The first-order valence-electron chi connectivity index (χ1n) is 7.66. The lowest BCUT2D eigenvalue weighted by Crippen LogP contribution is -2.56. The topological polar surface area (TPSA) is 23.6 Å². The first-order chi connectivity index (χ1) is 8.73. The van der Waals surface area contributed by atoms with Crippen LogP contribution in [0, 0.1) is 5.41 Å². The van der Waals surface area contributed by atoms with Gasteiger partial charge in [-0.2, -0.15) is 0 Å². The molecule has 3 heteroatoms. The summed E-state index contributed by atoms with van der Waals surface area (Å²) in [5.74, 6) is 0. The molecule has 0 bridgehead atoms. The summed E-state index contributed by atoms with van der Waals surface area (Å²) >= 11 is 0. The molecule has 1 atom stereocenters. The minimum Gasteiger partial charge on any atom is -0.303 e. The summed E-state index contributed by atoms with van der Waals surface area (Å²) in [6, 6.07) is 0.755. The van der Waals surface area contributed by atoms with Crippen LogP contribution in [0.4, 0.5) is 0 Å². The van der Waals surface area contributed by atoms with E-state index in [1.165, 1.54) is 45.2 Å². The monoisotopic (exact) mass is 252 g/mol. The molecule has 0 radical (unpaired) electrons. The van der Waals surface area contributed by atoms with Gasteiger partial charge in [0, 0.05) is 37.6 Å². The molecule has 0 aromatic rings. The van der Waals surface area contributed by atoms with Crippen molar-refractivity contribution in [3.8, 4) is 0 Å². The van der Waals surface area contributed by atoms with Crippen LogP contribution in [0.1, 0.15) is 46.0 Å². The number of rotatable bonds is 5. The van der Waals surface area contributed by atoms with E-state index in [0.29, 0.717) is 0 Å². The van der Waals surface area contributed by atoms with Gasteiger partial charge >= 0.3 is 0 Å². The molecule has 2 rings (SSSR count). The van der Waals surface area contributed by atoms with E-state index in [-0.39, 0.29) is 5.41 Å². The van der Waals surface area contributed by atoms with Crippen LogP contribution in [-0.2, 0) is 4.79 Å². The smallest absolute Gasteiger partial charge is 0.127 e. The van der Waals surface area contributed by atoms with Crippen molar-refractivity contribution in [1.82, 2.24) is 9.80 Å². The third-order valence-electron chi connectivity index (χ3n) is 5.12. The van der Waals surface area contributed by atoms with Crippen LogP contribution >= 0.6 is 0 Å². The van der Waals surface area contributed by atoms with Gasteiger partial charge in [-0.15, -0.1) is 0 Å². The second-order valence-electron chi connectivity index (χ2n) is 6.11. The van der Waals surface area contributed by atoms with Crippen LogP contribution in [0.25, 0.3) is 0 Å². The molecule has 3 nitrogen and oxygen atoms in total. The van der Waals surface area contributed by atoms with E-state index in [2.05, 4.69) is 23.6 Å². The molecule has 0 spiro atoms. The summed E-state index contributed by atoms with van der Waals surface area (Å²) in [7, 11) is 0. The lowest BCUT2D eigenvalue weighted by Gasteiger charge is -2.46. The van der Waals surface area contributed by atoms with Crippen LogP contribution in [0.5, 0.6) is 0 Å². The fourth-order valence-corrected chi connectivity index (χ4v) is 3.49. The Bertz CT molecular complexity index is 276. The third kappa shape index (κ3) is 2.94. The molecule has 0 aromatic heterocycles. The number of fused-ring (bicyclic) bond motifs is 1. The number of hydrogen-bond donors (Lipinski definition) is 0. The normalized spacial score (nSPS) is 26.9. The van der Waals surface area contributed by atoms with E-state index in [4.69, 9.17) is 0 Å². The molecule has 2 saturated heterocycles. The highest BCUT2D eigenvalue weighted by atomic mass is 16.1. The Hall–Kier alpha value is -0.410. The Kier molecular flexibility index (Phi) is 4.79. The Morgan fingerprint density at radius 1 is 1.17 bits per heavy atom. The largest absolute Gasteiger partial charge is 0.303 e. The van der Waals surface area contributed by atoms with Gasteiger partial charge in [0.25, 0.3) is 0 Å². The molecule has 104 valence electrons. The zero-order chi connectivity index (χ0) is 13.0. The van der Waals surface area contributed by atoms with Gasteiger partial charge < -0.3 is 4.79 Å². The Morgan fingerprint density at radius 3 is 2.61 bits per heavy atom. The summed E-state index contributed by atoms with van der Waals surface area (Å²) in [5.41, 5.74) is -0.100. The highest BCUT2D eigenvalue weighted by molar-refractivity contribution is 5.59. The highest BCUT2D eigenvalue weighted by Crippen LogP contribution is 2.28. The molecule has 18 heavy (non-hydrogen) atoms. The minimum absolute atomic E-state index is 0.100. The number of nitrogens with zero attached hydrogens (tertiary/aromatic N) is 2. The van der Waals surface area contributed by atoms with Crippen LogP contribution in [0.2, 0.25) is 0 Å². The van der Waals surface area contributed by atoms with Crippen molar-refractivity contribution in [2.75, 3.05) is 32.7 Å². The molecule has 2 aliphatic rings. The molecule has 0 N–H and O–H groups in total. The molecule has 2 fully saturated rings. The van der Waals surface area contributed by atoms with E-state index < -0.39 is 0 Å². The maximum atomic E-state index is 11.4. The molecule has 0 aromatic carbocycles. The first kappa shape index (κ1) is 14.0. The average molecular weight is 252 g/mol. The van der Waals surface area contributed by atoms with Crippen molar-refractivity contribution >= 4 is 6.29 Å². The van der Waals surface area contributed by atoms with Crippen LogP contribution in [0.3, 0.4) is 0 Å². The van der Waals surface area contributed by atoms with Gasteiger partial charge in [0.15, 0.2) is 0 Å². The number of carbonyl (C=O) groups excluding carboxylic acids is 1. The minimum atomic E-state index is -0.100. The highest BCUT2D eigenvalue weighted by Gasteiger charge is 2.33. The van der Waals surface area contributed by atoms with Crippen LogP contribution < -0.4 is 0 Å². The third-order valence-corrected chi connectivity index (χ3v) is 5.12. The lowest BCUT2D eigenvalue weighted by atomic mass is 9.83. The van der Waals surface area contributed by atoms with Crippen molar-refractivity contribution in [2.45, 2.75) is 52.0 Å². The van der Waals surface area contributed by atoms with Gasteiger partial charge in [-0.05, 0) is 32.2 Å². The Labute approximate surface area is 112 Å². The van der Waals surface area contributed by atoms with Gasteiger partial charge in [0.05, 0.1) is 0 Å². The van der Waals surface area contributed by atoms with Gasteiger partial charge in [-0.3, -0.25) is 9.80 Å². The second kappa shape index (κ2) is 6.16. The SMILES string of the molecule is CCC(C=O)(CC)CN1CCN2CCCCC2C1. The van der Waals surface area contributed by atoms with Crippen molar-refractivity contribution in [2.24, 2.45) is 5.41 Å². The standard InChI is InChI=1S/C15H28N2O/c1-3-15(4-2,13-18)12-16-9-10-17-8-6-5-7-14(17)11-16/h13-14H,3-12H2,1-2H3. The predicted molar refractivity (Wildman–Crippen MR) is 74.7 cm³/mol. The average Bonchev–Trinajstić information content (AvgIpc) is 2.45. The van der Waals surface area contributed by atoms with Gasteiger partial charge in [0.1, 0.15) is 6.29 Å². The van der Waals surface area contributed by atoms with E-state index in [1.807, 2.05) is 0 Å². The summed E-state index contributed by atoms with van der Waals surface area (Å²) in [6.07, 6.45) is 7.26. The second-order valence-corrected chi connectivity index (χ2v) is 6.11. The van der Waals surface area contributed by atoms with Crippen molar-refractivity contribution < 1.29 is 4.79 Å². The summed E-state index contributed by atoms with van der Waals surface area (Å²) in [6.45, 7) is 10.1. The quantitative estimate of drug-likeness (QED) is 0.701. The molecular weight excluding hydrogens is 224 g/mol. The molecule has 2 aliphatic heterocycles. The lowest BCUT2D eigenvalue weighted by molar-refractivity contribution is -0.118. The van der Waals surface area contributed by atoms with Crippen molar-refractivity contribution in [3.63, 3.8) is 0 Å². The van der Waals surface area contributed by atoms with Gasteiger partial charge in [-0.25, -0.2) is 0 Å². The zero-order valence-corrected chi connectivity index (χ0v) is 12.0. The first-order valence-corrected chi connectivity index (χ1v) is 7.66. The fraction of sp³-hybridized carbons (Fsp3) is 0.933. The van der Waals surface area contributed by atoms with E-state index in [0.717, 1.165) is 32.0 Å². The fourth-order valence-electron chi connectivity index (χ4n) is 3.49. The number of hydrogen-bond acceptors (Lipinski definition) is 3. The van der Waals surface area contributed by atoms with Crippen LogP contribution in [0.15, 0.2) is 0 Å². The number of piperazine rings is 1. The number of carbonyl (C=O) groups is 1. The predicted octanol–water partition coefficient (Wildman–Crippen LogP) is 2.16. The van der Waals surface area contributed by atoms with E-state index in [9.17, 15) is 4.79 Å². The Balaban J connectivity index is 1.92. The van der Waals surface area contributed by atoms with Gasteiger partial charge in [0.2, 0.25) is 0 Å². The Morgan fingerprint density at radius 2 is 1.94 bits per heavy atom. The summed E-state index contributed by atoms with van der Waals surface area (Å²) < 4.78 is 0. The van der Waals surface area contributed by atoms with E-state index in [1.54, 1.807) is 0 Å². The van der Waals surface area contributed by atoms with Gasteiger partial charge in [-0.1, -0.05) is 20.3 Å². The molecule has 0 amide bonds. The van der Waals surface area contributed by atoms with Crippen LogP contribution in [-0.4, -0.2) is 54.9 Å². The maximum Gasteiger partial charge on any atom is 0.127 e. The number of aldehydes is 1. The summed E-state index contributed by atoms with van der Waals surface area (Å²) in [5, 5.41) is 0. The number of piperidine rings is 1. The van der Waals surface area contributed by atoms with E-state index >= 15 is 0 Å². The zero-order valence-electron chi connectivity index (χ0n) is 12.0. The maximum absolute atomic E-state index is 11.4. The summed E-state index contributed by atoms with van der Waals surface area (Å²) in [4.78, 5) is 16.6. The van der Waals surface area contributed by atoms with Crippen molar-refractivity contribution in [1.29, 1.82) is 0 Å². The molecule has 0 saturated carbocycles. The molecule has 2 heterocycles. The molecule has 0 aliphatic carbocycles. The molecular formula is C15H28N2O.